The van der Waals surface area contributed by atoms with Crippen LogP contribution in [0, 0.1) is 0 Å². The van der Waals surface area contributed by atoms with Crippen molar-refractivity contribution in [2.75, 3.05) is 0 Å². The summed E-state index contributed by atoms with van der Waals surface area (Å²) in [5, 5.41) is 9.45. The molecule has 0 aliphatic carbocycles. The van der Waals surface area contributed by atoms with E-state index in [1.54, 1.807) is 22.7 Å². The Morgan fingerprint density at radius 1 is 0.198 bits per heavy atom. The summed E-state index contributed by atoms with van der Waals surface area (Å²) >= 11 is 3.40. The standard InChI is InChI=1S/2C42H26S/c1-2-12-31-28(10-1)11-9-18-33(31)42-36-16-5-3-14-34(36)41(35-15-4-6-17-37(35)42)29-22-20-27(21-23-29)30-24-25-40-38(26-30)32-13-7-8-19-39(32)43-40;1-2-12-27(13-3-1)29-23-24-37(31-15-5-4-14-30(29)31)42-35-19-8-6-17-33(35)41(34-18-7-9-20-36(34)42)28-22-25-40-38(26-28)32-16-10-11-21-39(32)43-40/h2*1-26H/i3D,4D,5D,6D,14D,15D,16D,17D;6D,7D,8D,9D,17D,18D,19D,20D. The predicted octanol–water partition coefficient (Wildman–Crippen LogP) is 25.0. The molecule has 0 amide bonds. The minimum absolute atomic E-state index is 0.209. The molecule has 0 nitrogen and oxygen atoms in total. The lowest BCUT2D eigenvalue weighted by Gasteiger charge is -2.19. The topological polar surface area (TPSA) is 0 Å². The molecule has 0 radical (unpaired) electrons. The van der Waals surface area contributed by atoms with Gasteiger partial charge in [0.2, 0.25) is 0 Å². The lowest BCUT2D eigenvalue weighted by molar-refractivity contribution is 1.64. The molecule has 0 saturated carbocycles. The monoisotopic (exact) mass is 1140 g/mol. The number of thiophene rings is 2. The molecule has 400 valence electrons. The number of fused-ring (bicyclic) bond motifs is 12. The van der Waals surface area contributed by atoms with Gasteiger partial charge in [0.25, 0.3) is 0 Å². The van der Waals surface area contributed by atoms with E-state index in [9.17, 15) is 11.0 Å². The Hall–Kier alpha value is -10.5. The highest BCUT2D eigenvalue weighted by Gasteiger charge is 2.21. The summed E-state index contributed by atoms with van der Waals surface area (Å²) < 4.78 is 149. The van der Waals surface area contributed by atoms with E-state index in [-0.39, 0.29) is 91.4 Å². The fraction of sp³-hybridized carbons (Fsp3) is 0. The van der Waals surface area contributed by atoms with Gasteiger partial charge in [-0.15, -0.1) is 22.7 Å². The fourth-order valence-corrected chi connectivity index (χ4v) is 15.0. The third-order valence-electron chi connectivity index (χ3n) is 16.6. The molecule has 0 spiro atoms. The fourth-order valence-electron chi connectivity index (χ4n) is 12.8. The summed E-state index contributed by atoms with van der Waals surface area (Å²) in [6.07, 6.45) is 0. The van der Waals surface area contributed by atoms with Crippen LogP contribution in [0.25, 0.3) is 172 Å². The maximum atomic E-state index is 9.39. The van der Waals surface area contributed by atoms with Gasteiger partial charge in [-0.25, -0.2) is 0 Å². The van der Waals surface area contributed by atoms with E-state index in [1.165, 1.54) is 20.2 Å². The van der Waals surface area contributed by atoms with E-state index in [0.717, 1.165) is 64.0 Å². The number of rotatable bonds is 6. The minimum atomic E-state index is -0.413. The second kappa shape index (κ2) is 20.7. The quantitative estimate of drug-likeness (QED) is 0.146. The highest BCUT2D eigenvalue weighted by molar-refractivity contribution is 7.26. The first-order valence-electron chi connectivity index (χ1n) is 36.2. The maximum absolute atomic E-state index is 9.39. The molecule has 2 aromatic heterocycles. The second-order valence-corrected chi connectivity index (χ2v) is 23.5. The van der Waals surface area contributed by atoms with Gasteiger partial charge in [-0.3, -0.25) is 0 Å². The summed E-state index contributed by atoms with van der Waals surface area (Å²) in [6, 6.07) is 65.8. The van der Waals surface area contributed by atoms with Crippen molar-refractivity contribution >= 4 is 128 Å². The zero-order chi connectivity index (χ0) is 70.6. The van der Waals surface area contributed by atoms with E-state index < -0.39 is 48.3 Å². The van der Waals surface area contributed by atoms with Gasteiger partial charge in [-0.1, -0.05) is 279 Å². The van der Waals surface area contributed by atoms with Crippen LogP contribution in [0.1, 0.15) is 21.9 Å². The van der Waals surface area contributed by atoms with Crippen molar-refractivity contribution in [3.8, 4) is 66.8 Å². The first-order valence-corrected chi connectivity index (χ1v) is 29.9. The van der Waals surface area contributed by atoms with E-state index in [2.05, 4.69) is 36.4 Å². The molecular weight excluding hydrogens is 1070 g/mol. The predicted molar refractivity (Wildman–Crippen MR) is 376 cm³/mol. The molecule has 18 aromatic rings. The van der Waals surface area contributed by atoms with Crippen molar-refractivity contribution in [1.29, 1.82) is 0 Å². The first kappa shape index (κ1) is 36.3. The second-order valence-electron chi connectivity index (χ2n) is 21.3. The molecule has 2 heteroatoms. The molecule has 0 unspecified atom stereocenters. The Morgan fingerprint density at radius 2 is 0.558 bits per heavy atom. The summed E-state index contributed by atoms with van der Waals surface area (Å²) in [4.78, 5) is 0. The van der Waals surface area contributed by atoms with Crippen LogP contribution in [-0.4, -0.2) is 0 Å². The zero-order valence-corrected chi connectivity index (χ0v) is 47.2. The van der Waals surface area contributed by atoms with E-state index >= 15 is 0 Å². The average molecular weight is 1140 g/mol. The van der Waals surface area contributed by atoms with Crippen LogP contribution in [0.5, 0.6) is 0 Å². The molecule has 18 rings (SSSR count). The Kier molecular flexibility index (Phi) is 8.73. The minimum Gasteiger partial charge on any atom is -0.135 e. The summed E-state index contributed by atoms with van der Waals surface area (Å²) in [5.74, 6) is 0. The normalized spacial score (nSPS) is 14.3. The molecule has 0 fully saturated rings. The molecule has 86 heavy (non-hydrogen) atoms. The van der Waals surface area contributed by atoms with Gasteiger partial charge in [0, 0.05) is 40.3 Å². The van der Waals surface area contributed by atoms with Crippen LogP contribution in [-0.2, 0) is 0 Å². The Bertz CT molecular complexity index is 6530. The summed E-state index contributed by atoms with van der Waals surface area (Å²) in [6.45, 7) is 0. The molecule has 0 aliphatic rings. The molecule has 0 saturated heterocycles. The molecule has 0 bridgehead atoms. The van der Waals surface area contributed by atoms with Gasteiger partial charge in [0.1, 0.15) is 0 Å². The van der Waals surface area contributed by atoms with Gasteiger partial charge in [0.15, 0.2) is 0 Å². The van der Waals surface area contributed by atoms with Crippen LogP contribution < -0.4 is 0 Å². The van der Waals surface area contributed by atoms with Crippen LogP contribution in [0.2, 0.25) is 0 Å². The van der Waals surface area contributed by atoms with Crippen molar-refractivity contribution in [2.45, 2.75) is 0 Å². The third-order valence-corrected chi connectivity index (χ3v) is 18.9. The van der Waals surface area contributed by atoms with Crippen LogP contribution in [0.3, 0.4) is 0 Å². The SMILES string of the molecule is [2H]c1c([2H])c([2H])c2c(-c3ccc(-c4ccccc4)c4ccccc34)c3c([2H])c([2H])c([2H])c([2H])c3c(-c3ccc4sc5ccccc5c4c3)c2c1[2H].[2H]c1c([2H])c([2H])c2c(-c3cccc4ccccc34)c3c([2H])c([2H])c([2H])c([2H])c3c(-c3ccc(-c4ccc5sc6ccccc6c5c4)cc3)c2c1[2H]. The molecule has 16 aromatic carbocycles. The number of hydrogen-bond donors (Lipinski definition) is 0. The van der Waals surface area contributed by atoms with E-state index in [1.807, 2.05) is 182 Å². The lowest BCUT2D eigenvalue weighted by Crippen LogP contribution is -1.92. The zero-order valence-electron chi connectivity index (χ0n) is 61.6. The van der Waals surface area contributed by atoms with Crippen molar-refractivity contribution < 1.29 is 21.9 Å². The molecule has 0 aliphatic heterocycles. The number of hydrogen-bond acceptors (Lipinski definition) is 2. The molecular formula is C84H52S2. The van der Waals surface area contributed by atoms with Crippen molar-refractivity contribution in [3.05, 3.63) is 315 Å². The Labute approximate surface area is 528 Å². The third kappa shape index (κ3) is 8.25. The van der Waals surface area contributed by atoms with Crippen molar-refractivity contribution in [3.63, 3.8) is 0 Å². The smallest absolute Gasteiger partial charge is 0.0629 e. The Morgan fingerprint density at radius 3 is 1.10 bits per heavy atom. The van der Waals surface area contributed by atoms with E-state index in [0.29, 0.717) is 44.5 Å². The summed E-state index contributed by atoms with van der Waals surface area (Å²) in [7, 11) is 0. The van der Waals surface area contributed by atoms with Crippen LogP contribution in [0.4, 0.5) is 0 Å². The van der Waals surface area contributed by atoms with Gasteiger partial charge in [0.05, 0.1) is 21.9 Å². The largest absolute Gasteiger partial charge is 0.135 e. The van der Waals surface area contributed by atoms with Gasteiger partial charge in [-0.2, -0.15) is 0 Å². The van der Waals surface area contributed by atoms with Gasteiger partial charge in [-0.05, 0) is 168 Å². The Balaban J connectivity index is 0.000000152. The average Bonchev–Trinajstić information content (AvgIpc) is 0.841. The molecule has 0 N–H and O–H groups in total. The molecule has 0 atom stereocenters. The van der Waals surface area contributed by atoms with Crippen LogP contribution >= 0.6 is 22.7 Å². The van der Waals surface area contributed by atoms with Crippen molar-refractivity contribution in [1.82, 2.24) is 0 Å². The van der Waals surface area contributed by atoms with Gasteiger partial charge < -0.3 is 0 Å². The number of benzene rings is 16. The first-order chi connectivity index (χ1) is 49.3. The van der Waals surface area contributed by atoms with Gasteiger partial charge >= 0.3 is 0 Å². The molecule has 2 heterocycles. The summed E-state index contributed by atoms with van der Waals surface area (Å²) in [5.41, 5.74) is 7.75. The van der Waals surface area contributed by atoms with Crippen molar-refractivity contribution in [2.24, 2.45) is 0 Å². The highest BCUT2D eigenvalue weighted by atomic mass is 32.1. The highest BCUT2D eigenvalue weighted by Crippen LogP contribution is 2.49. The van der Waals surface area contributed by atoms with E-state index in [4.69, 9.17) is 11.0 Å². The lowest BCUT2D eigenvalue weighted by atomic mass is 9.83. The van der Waals surface area contributed by atoms with Crippen LogP contribution in [0.15, 0.2) is 315 Å². The maximum Gasteiger partial charge on any atom is 0.0629 e.